The lowest BCUT2D eigenvalue weighted by molar-refractivity contribution is -0.152. The van der Waals surface area contributed by atoms with Crippen molar-refractivity contribution in [2.45, 2.75) is 25.7 Å². The molecule has 1 unspecified atom stereocenters. The zero-order chi connectivity index (χ0) is 26.2. The first-order chi connectivity index (χ1) is 17.9. The van der Waals surface area contributed by atoms with Gasteiger partial charge < -0.3 is 25.5 Å². The third kappa shape index (κ3) is 7.01. The molecule has 1 aliphatic carbocycles. The summed E-state index contributed by atoms with van der Waals surface area (Å²) in [6.45, 7) is 0.458. The molecule has 4 rings (SSSR count). The highest BCUT2D eigenvalue weighted by atomic mass is 32.2. The maximum Gasteiger partial charge on any atom is 0.415 e. The number of hydrogen-bond donors (Lipinski definition) is 3. The molecule has 0 saturated carbocycles. The Morgan fingerprint density at radius 2 is 1.86 bits per heavy atom. The number of amides is 3. The Morgan fingerprint density at radius 1 is 1.11 bits per heavy atom. The lowest BCUT2D eigenvalue weighted by Crippen LogP contribution is -2.35. The summed E-state index contributed by atoms with van der Waals surface area (Å²) in [5.74, 6) is 0.154. The molecule has 0 radical (unpaired) electrons. The number of nitrogens with one attached hydrogen (secondary N) is 3. The topological polar surface area (TPSA) is 121 Å². The first-order valence-electron chi connectivity index (χ1n) is 11.7. The molecule has 1 saturated heterocycles. The number of urea groups is 1. The van der Waals surface area contributed by atoms with Crippen LogP contribution in [-0.4, -0.2) is 48.5 Å². The normalized spacial score (nSPS) is 17.0. The van der Waals surface area contributed by atoms with Crippen LogP contribution in [0.15, 0.2) is 78.0 Å². The van der Waals surface area contributed by atoms with Gasteiger partial charge in [0.15, 0.2) is 0 Å². The first kappa shape index (κ1) is 26.0. The predicted octanol–water partition coefficient (Wildman–Crippen LogP) is 4.15. The van der Waals surface area contributed by atoms with Crippen LogP contribution >= 0.6 is 11.8 Å². The molecular weight excluding hydrogens is 492 g/mol. The third-order valence-corrected chi connectivity index (χ3v) is 6.44. The largest absolute Gasteiger partial charge is 0.458 e. The van der Waals surface area contributed by atoms with Crippen LogP contribution in [0.3, 0.4) is 0 Å². The van der Waals surface area contributed by atoms with Crippen LogP contribution in [0.2, 0.25) is 0 Å². The zero-order valence-electron chi connectivity index (χ0n) is 20.4. The molecule has 1 fully saturated rings. The highest BCUT2D eigenvalue weighted by Crippen LogP contribution is 2.23. The number of ether oxygens (including phenoxy) is 2. The van der Waals surface area contributed by atoms with E-state index < -0.39 is 18.2 Å². The average Bonchev–Trinajstić information content (AvgIpc) is 3.30. The van der Waals surface area contributed by atoms with Gasteiger partial charge in [0.1, 0.15) is 6.61 Å². The summed E-state index contributed by atoms with van der Waals surface area (Å²) in [5.41, 5.74) is 4.53. The molecule has 0 aromatic heterocycles. The molecule has 3 amide bonds. The van der Waals surface area contributed by atoms with Gasteiger partial charge in [-0.05, 0) is 47.2 Å². The van der Waals surface area contributed by atoms with Crippen LogP contribution in [0.4, 0.5) is 15.3 Å². The fourth-order valence-electron chi connectivity index (χ4n) is 3.88. The van der Waals surface area contributed by atoms with E-state index in [0.29, 0.717) is 17.8 Å². The van der Waals surface area contributed by atoms with Gasteiger partial charge in [-0.3, -0.25) is 4.90 Å². The van der Waals surface area contributed by atoms with E-state index in [2.05, 4.69) is 10.6 Å². The van der Waals surface area contributed by atoms with Crippen molar-refractivity contribution in [2.75, 3.05) is 23.5 Å². The van der Waals surface area contributed by atoms with Gasteiger partial charge in [0.05, 0.1) is 6.54 Å². The minimum Gasteiger partial charge on any atom is -0.458 e. The second-order valence-corrected chi connectivity index (χ2v) is 9.40. The van der Waals surface area contributed by atoms with Crippen molar-refractivity contribution in [3.63, 3.8) is 0 Å². The Balaban J connectivity index is 1.27. The SMILES string of the molecule is CSCC1=C(NC(=O)NCc2ccc(N3CC(C(=O)OCc4ccccc4)OC3=O)cc2)C=CC(=N)C1. The maximum absolute atomic E-state index is 12.4. The van der Waals surface area contributed by atoms with Crippen LogP contribution < -0.4 is 15.5 Å². The van der Waals surface area contributed by atoms with Gasteiger partial charge in [0, 0.05) is 35.8 Å². The van der Waals surface area contributed by atoms with Crippen LogP contribution in [0.5, 0.6) is 0 Å². The van der Waals surface area contributed by atoms with Gasteiger partial charge in [-0.15, -0.1) is 0 Å². The molecule has 2 aromatic carbocycles. The van der Waals surface area contributed by atoms with E-state index in [1.165, 1.54) is 4.90 Å². The number of allylic oxidation sites excluding steroid dienone is 2. The van der Waals surface area contributed by atoms with Crippen molar-refractivity contribution in [1.29, 1.82) is 5.41 Å². The molecular formula is C27H28N4O5S. The molecule has 1 atom stereocenters. The van der Waals surface area contributed by atoms with Crippen LogP contribution in [0, 0.1) is 5.41 Å². The van der Waals surface area contributed by atoms with E-state index in [1.807, 2.05) is 36.6 Å². The predicted molar refractivity (Wildman–Crippen MR) is 143 cm³/mol. The first-order valence-corrected chi connectivity index (χ1v) is 13.1. The standard InChI is InChI=1S/C27H28N4O5S/c1-37-17-20-13-21(28)9-12-23(20)30-26(33)29-14-18-7-10-22(11-8-18)31-15-24(36-27(31)34)25(32)35-16-19-5-3-2-4-6-19/h2-12,24,28H,13-17H2,1H3,(H2,29,30,33). The van der Waals surface area contributed by atoms with Crippen LogP contribution in [0.25, 0.3) is 0 Å². The summed E-state index contributed by atoms with van der Waals surface area (Å²) in [5, 5.41) is 13.5. The van der Waals surface area contributed by atoms with Crippen molar-refractivity contribution in [2.24, 2.45) is 0 Å². The van der Waals surface area contributed by atoms with E-state index in [-0.39, 0.29) is 25.7 Å². The van der Waals surface area contributed by atoms with Crippen molar-refractivity contribution in [3.05, 3.63) is 89.1 Å². The van der Waals surface area contributed by atoms with Gasteiger partial charge in [0.25, 0.3) is 0 Å². The zero-order valence-corrected chi connectivity index (χ0v) is 21.2. The Hall–Kier alpha value is -4.05. The number of thioether (sulfide) groups is 1. The monoisotopic (exact) mass is 520 g/mol. The van der Waals surface area contributed by atoms with Crippen LogP contribution in [0.1, 0.15) is 17.5 Å². The highest BCUT2D eigenvalue weighted by Gasteiger charge is 2.38. The molecule has 2 aromatic rings. The molecule has 1 aliphatic heterocycles. The van der Waals surface area contributed by atoms with Gasteiger partial charge in [-0.25, -0.2) is 14.4 Å². The number of anilines is 1. The molecule has 10 heteroatoms. The number of cyclic esters (lactones) is 1. The second kappa shape index (κ2) is 12.3. The lowest BCUT2D eigenvalue weighted by Gasteiger charge is -2.17. The fourth-order valence-corrected chi connectivity index (χ4v) is 4.49. The lowest BCUT2D eigenvalue weighted by atomic mass is 10.0. The Morgan fingerprint density at radius 3 is 2.59 bits per heavy atom. The van der Waals surface area contributed by atoms with Gasteiger partial charge in [-0.1, -0.05) is 42.5 Å². The van der Waals surface area contributed by atoms with E-state index >= 15 is 0 Å². The summed E-state index contributed by atoms with van der Waals surface area (Å²) in [6.07, 6.45) is 4.34. The minimum atomic E-state index is -0.996. The number of carbonyl (C=O) groups is 3. The maximum atomic E-state index is 12.4. The van der Waals surface area contributed by atoms with Gasteiger partial charge >= 0.3 is 18.1 Å². The highest BCUT2D eigenvalue weighted by molar-refractivity contribution is 7.98. The average molecular weight is 521 g/mol. The fraction of sp³-hybridized carbons (Fsp3) is 0.259. The van der Waals surface area contributed by atoms with E-state index in [1.54, 1.807) is 48.2 Å². The molecule has 1 heterocycles. The summed E-state index contributed by atoms with van der Waals surface area (Å²) in [6, 6.07) is 16.0. The minimum absolute atomic E-state index is 0.0604. The van der Waals surface area contributed by atoms with Crippen molar-refractivity contribution in [1.82, 2.24) is 10.6 Å². The smallest absolute Gasteiger partial charge is 0.415 e. The number of esters is 1. The third-order valence-electron chi connectivity index (χ3n) is 5.80. The number of carbonyl (C=O) groups excluding carboxylic acids is 3. The Bertz CT molecular complexity index is 1230. The van der Waals surface area contributed by atoms with Crippen LogP contribution in [-0.2, 0) is 27.4 Å². The molecule has 2 aliphatic rings. The Kier molecular flexibility index (Phi) is 8.63. The summed E-state index contributed by atoms with van der Waals surface area (Å²) >= 11 is 1.64. The molecule has 0 spiro atoms. The molecule has 0 bridgehead atoms. The number of nitrogens with zero attached hydrogens (tertiary/aromatic N) is 1. The van der Waals surface area contributed by atoms with Gasteiger partial charge in [-0.2, -0.15) is 11.8 Å². The molecule has 3 N–H and O–H groups in total. The molecule has 9 nitrogen and oxygen atoms in total. The number of hydrogen-bond acceptors (Lipinski definition) is 7. The summed E-state index contributed by atoms with van der Waals surface area (Å²) in [4.78, 5) is 38.5. The summed E-state index contributed by atoms with van der Waals surface area (Å²) in [7, 11) is 0. The Labute approximate surface area is 219 Å². The van der Waals surface area contributed by atoms with E-state index in [9.17, 15) is 14.4 Å². The second-order valence-electron chi connectivity index (χ2n) is 8.54. The van der Waals surface area contributed by atoms with Gasteiger partial charge in [0.2, 0.25) is 6.10 Å². The van der Waals surface area contributed by atoms with Crippen molar-refractivity contribution >= 4 is 41.3 Å². The molecule has 192 valence electrons. The van der Waals surface area contributed by atoms with E-state index in [4.69, 9.17) is 14.9 Å². The summed E-state index contributed by atoms with van der Waals surface area (Å²) < 4.78 is 10.5. The molecule has 37 heavy (non-hydrogen) atoms. The number of rotatable bonds is 9. The van der Waals surface area contributed by atoms with Crippen molar-refractivity contribution < 1.29 is 23.9 Å². The van der Waals surface area contributed by atoms with E-state index in [0.717, 1.165) is 28.1 Å². The number of benzene rings is 2. The quantitative estimate of drug-likeness (QED) is 0.427. The van der Waals surface area contributed by atoms with Crippen molar-refractivity contribution in [3.8, 4) is 0 Å².